The van der Waals surface area contributed by atoms with Crippen molar-refractivity contribution in [3.8, 4) is 6.07 Å². The van der Waals surface area contributed by atoms with Gasteiger partial charge < -0.3 is 4.90 Å². The number of hydrogen-bond acceptors (Lipinski definition) is 6. The van der Waals surface area contributed by atoms with Crippen LogP contribution in [-0.4, -0.2) is 31.3 Å². The molecule has 3 aromatic heterocycles. The van der Waals surface area contributed by atoms with Crippen LogP contribution in [0.2, 0.25) is 0 Å². The summed E-state index contributed by atoms with van der Waals surface area (Å²) in [5.41, 5.74) is 4.10. The number of fused-ring (bicyclic) bond motifs is 2. The topological polar surface area (TPSA) is 83.5 Å². The molecule has 4 heterocycles. The Morgan fingerprint density at radius 1 is 1.22 bits per heavy atom. The van der Waals surface area contributed by atoms with Crippen molar-refractivity contribution in [2.75, 3.05) is 11.4 Å². The first-order chi connectivity index (χ1) is 11.2. The van der Waals surface area contributed by atoms with Gasteiger partial charge in [0, 0.05) is 18.8 Å². The monoisotopic (exact) mass is 305 g/mol. The zero-order valence-corrected chi connectivity index (χ0v) is 12.8. The standard InChI is InChI=1S/C16H15N7/c1-11-3-4-14-15(20-11)16(19-10-18-14)22-5-2-6-23-13(9-22)7-12(8-17)21-23/h3-4,7,10H,2,5-6,9H2,1H3. The highest BCUT2D eigenvalue weighted by Gasteiger charge is 2.20. The van der Waals surface area contributed by atoms with Crippen LogP contribution in [0.3, 0.4) is 0 Å². The Labute approximate surface area is 133 Å². The van der Waals surface area contributed by atoms with Crippen molar-refractivity contribution < 1.29 is 0 Å². The third-order valence-electron chi connectivity index (χ3n) is 4.03. The van der Waals surface area contributed by atoms with Crippen molar-refractivity contribution in [3.63, 3.8) is 0 Å². The highest BCUT2D eigenvalue weighted by molar-refractivity contribution is 5.85. The molecule has 4 rings (SSSR count). The molecule has 1 aliphatic heterocycles. The van der Waals surface area contributed by atoms with E-state index in [-0.39, 0.29) is 0 Å². The fourth-order valence-electron chi connectivity index (χ4n) is 2.95. The molecule has 7 nitrogen and oxygen atoms in total. The van der Waals surface area contributed by atoms with Gasteiger partial charge in [0.05, 0.1) is 17.8 Å². The van der Waals surface area contributed by atoms with Crippen LogP contribution in [0.15, 0.2) is 24.5 Å². The molecule has 1 aliphatic rings. The molecule has 0 aliphatic carbocycles. The largest absolute Gasteiger partial charge is 0.349 e. The summed E-state index contributed by atoms with van der Waals surface area (Å²) in [5.74, 6) is 0.840. The van der Waals surface area contributed by atoms with Crippen LogP contribution < -0.4 is 4.90 Å². The summed E-state index contributed by atoms with van der Waals surface area (Å²) in [7, 11) is 0. The Bertz CT molecular complexity index is 922. The molecule has 0 spiro atoms. The Hall–Kier alpha value is -3.01. The number of aromatic nitrogens is 5. The zero-order chi connectivity index (χ0) is 15.8. The third kappa shape index (κ3) is 2.38. The predicted octanol–water partition coefficient (Wildman–Crippen LogP) is 1.81. The fourth-order valence-corrected chi connectivity index (χ4v) is 2.95. The molecule has 0 saturated heterocycles. The maximum absolute atomic E-state index is 9.04. The van der Waals surface area contributed by atoms with Crippen molar-refractivity contribution in [3.05, 3.63) is 41.6 Å². The molecular weight excluding hydrogens is 290 g/mol. The minimum absolute atomic E-state index is 0.461. The van der Waals surface area contributed by atoms with E-state index in [1.807, 2.05) is 29.8 Å². The average molecular weight is 305 g/mol. The maximum atomic E-state index is 9.04. The molecule has 0 unspecified atom stereocenters. The van der Waals surface area contributed by atoms with Gasteiger partial charge in [-0.15, -0.1) is 0 Å². The Morgan fingerprint density at radius 2 is 2.13 bits per heavy atom. The third-order valence-corrected chi connectivity index (χ3v) is 4.03. The molecule has 3 aromatic rings. The molecule has 114 valence electrons. The van der Waals surface area contributed by atoms with E-state index in [1.165, 1.54) is 0 Å². The second-order valence-electron chi connectivity index (χ2n) is 5.65. The highest BCUT2D eigenvalue weighted by Crippen LogP contribution is 2.25. The van der Waals surface area contributed by atoms with E-state index < -0.39 is 0 Å². The Morgan fingerprint density at radius 3 is 3.00 bits per heavy atom. The first-order valence-corrected chi connectivity index (χ1v) is 7.55. The minimum atomic E-state index is 0.461. The minimum Gasteiger partial charge on any atom is -0.349 e. The first kappa shape index (κ1) is 13.6. The van der Waals surface area contributed by atoms with Gasteiger partial charge in [0.2, 0.25) is 0 Å². The molecule has 0 saturated carbocycles. The number of rotatable bonds is 1. The molecular formula is C16H15N7. The number of nitrogens with zero attached hydrogens (tertiary/aromatic N) is 7. The molecule has 0 radical (unpaired) electrons. The smallest absolute Gasteiger partial charge is 0.162 e. The quantitative estimate of drug-likeness (QED) is 0.682. The van der Waals surface area contributed by atoms with E-state index in [9.17, 15) is 0 Å². The Balaban J connectivity index is 1.78. The molecule has 0 aromatic carbocycles. The van der Waals surface area contributed by atoms with E-state index in [0.29, 0.717) is 12.2 Å². The van der Waals surface area contributed by atoms with E-state index >= 15 is 0 Å². The summed E-state index contributed by atoms with van der Waals surface area (Å²) in [6.07, 6.45) is 2.52. The Kier molecular flexibility index (Phi) is 3.15. The molecule has 0 N–H and O–H groups in total. The summed E-state index contributed by atoms with van der Waals surface area (Å²) in [5, 5.41) is 13.4. The van der Waals surface area contributed by atoms with Gasteiger partial charge in [0.1, 0.15) is 17.9 Å². The van der Waals surface area contributed by atoms with Crippen LogP contribution in [0.25, 0.3) is 11.0 Å². The summed E-state index contributed by atoms with van der Waals surface area (Å²) < 4.78 is 1.92. The van der Waals surface area contributed by atoms with E-state index in [1.54, 1.807) is 6.33 Å². The fraction of sp³-hybridized carbons (Fsp3) is 0.312. The van der Waals surface area contributed by atoms with Crippen molar-refractivity contribution in [1.29, 1.82) is 5.26 Å². The molecule has 0 bridgehead atoms. The summed E-state index contributed by atoms with van der Waals surface area (Å²) >= 11 is 0. The molecule has 23 heavy (non-hydrogen) atoms. The highest BCUT2D eigenvalue weighted by atomic mass is 15.3. The number of aryl methyl sites for hydroxylation is 2. The van der Waals surface area contributed by atoms with Gasteiger partial charge in [-0.3, -0.25) is 4.68 Å². The van der Waals surface area contributed by atoms with Gasteiger partial charge in [0.15, 0.2) is 11.5 Å². The van der Waals surface area contributed by atoms with Crippen LogP contribution in [0.4, 0.5) is 5.82 Å². The van der Waals surface area contributed by atoms with Gasteiger partial charge in [-0.2, -0.15) is 10.4 Å². The van der Waals surface area contributed by atoms with Crippen LogP contribution >= 0.6 is 0 Å². The van der Waals surface area contributed by atoms with Gasteiger partial charge >= 0.3 is 0 Å². The molecule has 7 heteroatoms. The van der Waals surface area contributed by atoms with Crippen molar-refractivity contribution in [2.45, 2.75) is 26.4 Å². The summed E-state index contributed by atoms with van der Waals surface area (Å²) in [6.45, 7) is 4.30. The predicted molar refractivity (Wildman–Crippen MR) is 84.7 cm³/mol. The SMILES string of the molecule is Cc1ccc2ncnc(N3CCCn4nc(C#N)cc4C3)c2n1. The number of hydrogen-bond donors (Lipinski definition) is 0. The number of nitriles is 1. The normalized spacial score (nSPS) is 14.3. The van der Waals surface area contributed by atoms with Gasteiger partial charge in [-0.25, -0.2) is 15.0 Å². The number of pyridine rings is 1. The summed E-state index contributed by atoms with van der Waals surface area (Å²) in [4.78, 5) is 15.6. The van der Waals surface area contributed by atoms with Crippen molar-refractivity contribution >= 4 is 16.9 Å². The molecule has 0 amide bonds. The van der Waals surface area contributed by atoms with Crippen LogP contribution in [0, 0.1) is 18.3 Å². The molecule has 0 fully saturated rings. The summed E-state index contributed by atoms with van der Waals surface area (Å²) in [6, 6.07) is 7.88. The zero-order valence-electron chi connectivity index (χ0n) is 12.8. The van der Waals surface area contributed by atoms with E-state index in [2.05, 4.69) is 31.0 Å². The lowest BCUT2D eigenvalue weighted by Gasteiger charge is -2.21. The van der Waals surface area contributed by atoms with Crippen LogP contribution in [0.5, 0.6) is 0 Å². The lowest BCUT2D eigenvalue weighted by Crippen LogP contribution is -2.24. The van der Waals surface area contributed by atoms with E-state index in [0.717, 1.165) is 47.7 Å². The van der Waals surface area contributed by atoms with Gasteiger partial charge in [0.25, 0.3) is 0 Å². The van der Waals surface area contributed by atoms with E-state index in [4.69, 9.17) is 5.26 Å². The lowest BCUT2D eigenvalue weighted by molar-refractivity contribution is 0.590. The number of anilines is 1. The lowest BCUT2D eigenvalue weighted by atomic mass is 10.2. The average Bonchev–Trinajstić information content (AvgIpc) is 2.85. The van der Waals surface area contributed by atoms with Crippen LogP contribution in [0.1, 0.15) is 23.5 Å². The maximum Gasteiger partial charge on any atom is 0.162 e. The molecule has 0 atom stereocenters. The second-order valence-corrected chi connectivity index (χ2v) is 5.65. The van der Waals surface area contributed by atoms with Crippen molar-refractivity contribution in [1.82, 2.24) is 24.7 Å². The second kappa shape index (κ2) is 5.32. The van der Waals surface area contributed by atoms with Crippen LogP contribution in [-0.2, 0) is 13.1 Å². The van der Waals surface area contributed by atoms with Crippen molar-refractivity contribution in [2.24, 2.45) is 0 Å². The first-order valence-electron chi connectivity index (χ1n) is 7.55. The van der Waals surface area contributed by atoms with Gasteiger partial charge in [-0.05, 0) is 31.5 Å². The van der Waals surface area contributed by atoms with Gasteiger partial charge in [-0.1, -0.05) is 0 Å².